The minimum Gasteiger partial charge on any atom is -0.342 e. The molecule has 0 N–H and O–H groups in total. The maximum Gasteiger partial charge on any atom is 0.256 e. The first-order chi connectivity index (χ1) is 16.5. The van der Waals surface area contributed by atoms with Gasteiger partial charge >= 0.3 is 0 Å². The molecule has 1 aromatic heterocycles. The number of carbonyl (C=O) groups is 2. The number of nitrogens with zero attached hydrogens (tertiary/aromatic N) is 3. The van der Waals surface area contributed by atoms with Crippen molar-refractivity contribution in [3.63, 3.8) is 0 Å². The van der Waals surface area contributed by atoms with Crippen LogP contribution in [0, 0.1) is 18.8 Å². The van der Waals surface area contributed by atoms with Crippen LogP contribution in [0.15, 0.2) is 52.8 Å². The zero-order chi connectivity index (χ0) is 23.0. The predicted molar refractivity (Wildman–Crippen MR) is 135 cm³/mol. The van der Waals surface area contributed by atoms with Gasteiger partial charge in [-0.15, -0.1) is 11.3 Å². The average molecular weight is 470 g/mol. The molecule has 34 heavy (non-hydrogen) atoms. The smallest absolute Gasteiger partial charge is 0.256 e. The second-order valence-corrected chi connectivity index (χ2v) is 11.4. The largest absolute Gasteiger partial charge is 0.342 e. The molecule has 5 nitrogen and oxygen atoms in total. The maximum absolute atomic E-state index is 13.3. The third kappa shape index (κ3) is 3.22. The zero-order valence-electron chi connectivity index (χ0n) is 19.3. The number of benzene rings is 2. The van der Waals surface area contributed by atoms with Crippen molar-refractivity contribution in [2.75, 3.05) is 19.6 Å². The van der Waals surface area contributed by atoms with Crippen LogP contribution in [0.4, 0.5) is 0 Å². The van der Waals surface area contributed by atoms with Crippen LogP contribution in [0.3, 0.4) is 0 Å². The zero-order valence-corrected chi connectivity index (χ0v) is 20.1. The summed E-state index contributed by atoms with van der Waals surface area (Å²) in [5.41, 5.74) is 4.05. The van der Waals surface area contributed by atoms with E-state index < -0.39 is 5.54 Å². The Bertz CT molecular complexity index is 1380. The minimum atomic E-state index is -0.516. The molecule has 7 rings (SSSR count). The van der Waals surface area contributed by atoms with Gasteiger partial charge < -0.3 is 4.90 Å². The number of thiophene rings is 1. The van der Waals surface area contributed by atoms with E-state index in [2.05, 4.69) is 54.8 Å². The van der Waals surface area contributed by atoms with Gasteiger partial charge in [-0.05, 0) is 78.3 Å². The monoisotopic (exact) mass is 469 g/mol. The molecule has 1 spiro atoms. The molecule has 2 aliphatic heterocycles. The lowest BCUT2D eigenvalue weighted by atomic mass is 9.96. The Balaban J connectivity index is 1.14. The summed E-state index contributed by atoms with van der Waals surface area (Å²) in [6.07, 6.45) is 3.78. The van der Waals surface area contributed by atoms with Crippen LogP contribution in [0.2, 0.25) is 0 Å². The number of likely N-dealkylation sites (tertiary alicyclic amines) is 1. The van der Waals surface area contributed by atoms with E-state index in [1.807, 2.05) is 9.80 Å². The van der Waals surface area contributed by atoms with E-state index in [0.29, 0.717) is 18.4 Å². The fourth-order valence-electron chi connectivity index (χ4n) is 5.43. The third-order valence-corrected chi connectivity index (χ3v) is 8.73. The molecule has 0 bridgehead atoms. The number of hydrogen-bond acceptors (Lipinski definition) is 4. The van der Waals surface area contributed by atoms with E-state index >= 15 is 0 Å². The standard InChI is InChI=1S/C28H27N3O2S/c1-17-12-20(21-5-7-24-22(13-21)8-11-34-24)4-6-23(17)25-29-28(9-10-28)27(33)31(25)16-18-14-30(15-18)26(32)19-2-3-19/h4-8,11-13,18-19H,2-3,9-10,14-16H2,1H3. The van der Waals surface area contributed by atoms with Crippen molar-refractivity contribution in [2.24, 2.45) is 16.8 Å². The van der Waals surface area contributed by atoms with Crippen LogP contribution in [0.5, 0.6) is 0 Å². The summed E-state index contributed by atoms with van der Waals surface area (Å²) in [4.78, 5) is 34.5. The van der Waals surface area contributed by atoms with Gasteiger partial charge in [0.2, 0.25) is 5.91 Å². The molecular formula is C28H27N3O2S. The molecule has 172 valence electrons. The van der Waals surface area contributed by atoms with Crippen molar-refractivity contribution in [1.29, 1.82) is 0 Å². The summed E-state index contributed by atoms with van der Waals surface area (Å²) in [7, 11) is 0. The molecule has 6 heteroatoms. The van der Waals surface area contributed by atoms with Gasteiger partial charge in [0.15, 0.2) is 0 Å². The Morgan fingerprint density at radius 3 is 2.59 bits per heavy atom. The highest BCUT2D eigenvalue weighted by atomic mass is 32.1. The minimum absolute atomic E-state index is 0.154. The van der Waals surface area contributed by atoms with Gasteiger partial charge in [0, 0.05) is 41.7 Å². The molecule has 2 aromatic carbocycles. The van der Waals surface area contributed by atoms with Crippen LogP contribution in [0.25, 0.3) is 21.2 Å². The normalized spacial score (nSPS) is 21.3. The van der Waals surface area contributed by atoms with Crippen LogP contribution in [-0.2, 0) is 9.59 Å². The van der Waals surface area contributed by atoms with Gasteiger partial charge in [-0.3, -0.25) is 19.5 Å². The number of amidine groups is 1. The number of aryl methyl sites for hydroxylation is 1. The average Bonchev–Trinajstić information content (AvgIpc) is 3.72. The molecule has 4 aliphatic rings. The Labute approximate surface area is 203 Å². The predicted octanol–water partition coefficient (Wildman–Crippen LogP) is 4.87. The van der Waals surface area contributed by atoms with E-state index in [1.165, 1.54) is 21.2 Å². The van der Waals surface area contributed by atoms with Crippen LogP contribution >= 0.6 is 11.3 Å². The van der Waals surface area contributed by atoms with Crippen molar-refractivity contribution in [1.82, 2.24) is 9.80 Å². The Morgan fingerprint density at radius 2 is 1.85 bits per heavy atom. The number of hydrogen-bond donors (Lipinski definition) is 0. The van der Waals surface area contributed by atoms with Gasteiger partial charge in [0.25, 0.3) is 5.91 Å². The number of rotatable bonds is 5. The topological polar surface area (TPSA) is 53.0 Å². The number of carbonyl (C=O) groups excluding carboxylic acids is 2. The van der Waals surface area contributed by atoms with Gasteiger partial charge in [-0.2, -0.15) is 0 Å². The van der Waals surface area contributed by atoms with Crippen molar-refractivity contribution in [2.45, 2.75) is 38.1 Å². The summed E-state index contributed by atoms with van der Waals surface area (Å²) in [6.45, 7) is 4.30. The lowest BCUT2D eigenvalue weighted by Crippen LogP contribution is -2.55. The first kappa shape index (κ1) is 20.4. The molecule has 3 aromatic rings. The molecule has 0 unspecified atom stereocenters. The van der Waals surface area contributed by atoms with E-state index in [4.69, 9.17) is 4.99 Å². The summed E-state index contributed by atoms with van der Waals surface area (Å²) in [6, 6.07) is 15.3. The first-order valence-electron chi connectivity index (χ1n) is 12.3. The number of aliphatic imine (C=N–C) groups is 1. The van der Waals surface area contributed by atoms with Crippen LogP contribution < -0.4 is 0 Å². The van der Waals surface area contributed by atoms with Crippen molar-refractivity contribution in [3.8, 4) is 11.1 Å². The highest BCUT2D eigenvalue weighted by molar-refractivity contribution is 7.17. The summed E-state index contributed by atoms with van der Waals surface area (Å²) in [5, 5.41) is 3.40. The quantitative estimate of drug-likeness (QED) is 0.536. The molecule has 1 saturated heterocycles. The number of amides is 2. The molecular weight excluding hydrogens is 442 g/mol. The second kappa shape index (κ2) is 7.25. The van der Waals surface area contributed by atoms with Gasteiger partial charge in [-0.25, -0.2) is 0 Å². The van der Waals surface area contributed by atoms with Crippen LogP contribution in [-0.4, -0.2) is 52.6 Å². The summed E-state index contributed by atoms with van der Waals surface area (Å²) >= 11 is 1.76. The Morgan fingerprint density at radius 1 is 1.09 bits per heavy atom. The molecule has 3 heterocycles. The van der Waals surface area contributed by atoms with E-state index in [9.17, 15) is 9.59 Å². The van der Waals surface area contributed by atoms with E-state index in [0.717, 1.165) is 55.7 Å². The molecule has 2 amide bonds. The highest BCUT2D eigenvalue weighted by Crippen LogP contribution is 2.46. The van der Waals surface area contributed by atoms with Crippen molar-refractivity contribution in [3.05, 3.63) is 59.0 Å². The molecule has 0 atom stereocenters. The lowest BCUT2D eigenvalue weighted by Gasteiger charge is -2.41. The fraction of sp³-hybridized carbons (Fsp3) is 0.393. The van der Waals surface area contributed by atoms with E-state index in [-0.39, 0.29) is 11.8 Å². The molecule has 2 aliphatic carbocycles. The second-order valence-electron chi connectivity index (χ2n) is 10.5. The SMILES string of the molecule is Cc1cc(-c2ccc3sccc3c2)ccc1C1=NC2(CC2)C(=O)N1CC1CN(C(=O)C2CC2)C1. The Hall–Kier alpha value is -2.99. The summed E-state index contributed by atoms with van der Waals surface area (Å²) < 4.78 is 1.30. The molecule has 3 fully saturated rings. The molecule has 0 radical (unpaired) electrons. The number of fused-ring (bicyclic) bond motifs is 1. The van der Waals surface area contributed by atoms with Crippen molar-refractivity contribution < 1.29 is 9.59 Å². The fourth-order valence-corrected chi connectivity index (χ4v) is 6.20. The lowest BCUT2D eigenvalue weighted by molar-refractivity contribution is -0.139. The van der Waals surface area contributed by atoms with Crippen LogP contribution in [0.1, 0.15) is 36.8 Å². The first-order valence-corrected chi connectivity index (χ1v) is 13.2. The van der Waals surface area contributed by atoms with Gasteiger partial charge in [0.05, 0.1) is 0 Å². The van der Waals surface area contributed by atoms with Crippen molar-refractivity contribution >= 4 is 39.1 Å². The third-order valence-electron chi connectivity index (χ3n) is 7.83. The van der Waals surface area contributed by atoms with Gasteiger partial charge in [-0.1, -0.05) is 24.3 Å². The molecule has 2 saturated carbocycles. The highest BCUT2D eigenvalue weighted by Gasteiger charge is 2.58. The maximum atomic E-state index is 13.3. The Kier molecular flexibility index (Phi) is 4.35. The summed E-state index contributed by atoms with van der Waals surface area (Å²) in [5.74, 6) is 1.89. The van der Waals surface area contributed by atoms with E-state index in [1.54, 1.807) is 11.3 Å². The van der Waals surface area contributed by atoms with Gasteiger partial charge in [0.1, 0.15) is 11.4 Å².